The van der Waals surface area contributed by atoms with E-state index in [0.29, 0.717) is 6.42 Å². The summed E-state index contributed by atoms with van der Waals surface area (Å²) in [6.45, 7) is 1.77. The van der Waals surface area contributed by atoms with Crippen LogP contribution in [0.4, 0.5) is 5.69 Å². The third-order valence-electron chi connectivity index (χ3n) is 2.89. The first-order chi connectivity index (χ1) is 6.51. The zero-order valence-corrected chi connectivity index (χ0v) is 8.21. The molecule has 3 nitrogen and oxygen atoms in total. The maximum Gasteiger partial charge on any atom is 0.157 e. The SMILES string of the molecule is CC1(N)C(=O)CCc2cc(N)ccc21. The van der Waals surface area contributed by atoms with Gasteiger partial charge in [0.15, 0.2) is 5.78 Å². The zero-order valence-electron chi connectivity index (χ0n) is 8.21. The van der Waals surface area contributed by atoms with E-state index in [1.165, 1.54) is 0 Å². The number of hydrogen-bond donors (Lipinski definition) is 2. The quantitative estimate of drug-likeness (QED) is 0.599. The standard InChI is InChI=1S/C11H14N2O/c1-11(13)9-4-3-8(12)6-7(9)2-5-10(11)14/h3-4,6H,2,5,12-13H2,1H3. The topological polar surface area (TPSA) is 69.1 Å². The lowest BCUT2D eigenvalue weighted by Crippen LogP contribution is -2.45. The summed E-state index contributed by atoms with van der Waals surface area (Å²) >= 11 is 0. The summed E-state index contributed by atoms with van der Waals surface area (Å²) in [7, 11) is 0. The highest BCUT2D eigenvalue weighted by Crippen LogP contribution is 2.31. The number of carbonyl (C=O) groups is 1. The van der Waals surface area contributed by atoms with Gasteiger partial charge in [0, 0.05) is 12.1 Å². The summed E-state index contributed by atoms with van der Waals surface area (Å²) in [6, 6.07) is 5.57. The van der Waals surface area contributed by atoms with Gasteiger partial charge in [0.25, 0.3) is 0 Å². The smallest absolute Gasteiger partial charge is 0.157 e. The molecule has 0 aromatic heterocycles. The molecule has 1 aliphatic rings. The van der Waals surface area contributed by atoms with Crippen molar-refractivity contribution >= 4 is 11.5 Å². The van der Waals surface area contributed by atoms with Crippen molar-refractivity contribution in [2.75, 3.05) is 5.73 Å². The minimum atomic E-state index is -0.832. The van der Waals surface area contributed by atoms with Gasteiger partial charge in [-0.1, -0.05) is 6.07 Å². The molecule has 1 aromatic carbocycles. The van der Waals surface area contributed by atoms with Crippen LogP contribution in [0.1, 0.15) is 24.5 Å². The fourth-order valence-corrected chi connectivity index (χ4v) is 1.99. The molecule has 1 aromatic rings. The molecule has 74 valence electrons. The summed E-state index contributed by atoms with van der Waals surface area (Å²) in [6.07, 6.45) is 1.27. The first-order valence-corrected chi connectivity index (χ1v) is 4.73. The first kappa shape index (κ1) is 9.21. The van der Waals surface area contributed by atoms with Crippen LogP contribution >= 0.6 is 0 Å². The Morgan fingerprint density at radius 1 is 1.36 bits per heavy atom. The normalized spacial score (nSPS) is 26.0. The molecule has 1 unspecified atom stereocenters. The molecule has 0 heterocycles. The molecule has 0 saturated heterocycles. The molecule has 0 fully saturated rings. The lowest BCUT2D eigenvalue weighted by molar-refractivity contribution is -0.124. The average molecular weight is 190 g/mol. The number of hydrogen-bond acceptors (Lipinski definition) is 3. The highest BCUT2D eigenvalue weighted by Gasteiger charge is 2.35. The predicted octanol–water partition coefficient (Wildman–Crippen LogP) is 0.958. The van der Waals surface area contributed by atoms with Crippen molar-refractivity contribution in [3.05, 3.63) is 29.3 Å². The number of anilines is 1. The van der Waals surface area contributed by atoms with Gasteiger partial charge in [-0.05, 0) is 36.6 Å². The average Bonchev–Trinajstić information content (AvgIpc) is 2.12. The number of carbonyl (C=O) groups excluding carboxylic acids is 1. The fraction of sp³-hybridized carbons (Fsp3) is 0.364. The zero-order chi connectivity index (χ0) is 10.3. The van der Waals surface area contributed by atoms with E-state index < -0.39 is 5.54 Å². The lowest BCUT2D eigenvalue weighted by Gasteiger charge is -2.30. The van der Waals surface area contributed by atoms with Crippen molar-refractivity contribution in [1.29, 1.82) is 0 Å². The second-order valence-electron chi connectivity index (χ2n) is 4.04. The van der Waals surface area contributed by atoms with E-state index >= 15 is 0 Å². The molecular weight excluding hydrogens is 176 g/mol. The molecular formula is C11H14N2O. The van der Waals surface area contributed by atoms with Crippen molar-refractivity contribution in [1.82, 2.24) is 0 Å². The van der Waals surface area contributed by atoms with E-state index in [0.717, 1.165) is 23.2 Å². The van der Waals surface area contributed by atoms with Crippen molar-refractivity contribution in [2.45, 2.75) is 25.3 Å². The monoisotopic (exact) mass is 190 g/mol. The van der Waals surface area contributed by atoms with Crippen molar-refractivity contribution in [3.8, 4) is 0 Å². The van der Waals surface area contributed by atoms with E-state index in [1.54, 1.807) is 13.0 Å². The van der Waals surface area contributed by atoms with E-state index in [-0.39, 0.29) is 5.78 Å². The number of rotatable bonds is 0. The second-order valence-corrected chi connectivity index (χ2v) is 4.04. The van der Waals surface area contributed by atoms with Gasteiger partial charge in [0.05, 0.1) is 5.54 Å². The lowest BCUT2D eigenvalue weighted by atomic mass is 9.77. The first-order valence-electron chi connectivity index (χ1n) is 4.73. The van der Waals surface area contributed by atoms with Crippen molar-refractivity contribution < 1.29 is 4.79 Å². The molecule has 0 aliphatic heterocycles. The summed E-state index contributed by atoms with van der Waals surface area (Å²) in [5, 5.41) is 0. The minimum absolute atomic E-state index is 0.106. The van der Waals surface area contributed by atoms with Gasteiger partial charge in [-0.25, -0.2) is 0 Å². The van der Waals surface area contributed by atoms with Gasteiger partial charge < -0.3 is 11.5 Å². The molecule has 14 heavy (non-hydrogen) atoms. The Kier molecular flexibility index (Phi) is 1.86. The fourth-order valence-electron chi connectivity index (χ4n) is 1.99. The van der Waals surface area contributed by atoms with E-state index in [4.69, 9.17) is 11.5 Å². The van der Waals surface area contributed by atoms with Gasteiger partial charge >= 0.3 is 0 Å². The molecule has 0 spiro atoms. The van der Waals surface area contributed by atoms with Gasteiger partial charge in [0.1, 0.15) is 0 Å². The van der Waals surface area contributed by atoms with Gasteiger partial charge in [-0.3, -0.25) is 4.79 Å². The van der Waals surface area contributed by atoms with Crippen LogP contribution < -0.4 is 11.5 Å². The third-order valence-corrected chi connectivity index (χ3v) is 2.89. The number of nitrogens with two attached hydrogens (primary N) is 2. The Labute approximate surface area is 83.1 Å². The van der Waals surface area contributed by atoms with Crippen molar-refractivity contribution in [2.24, 2.45) is 5.73 Å². The molecule has 0 saturated carbocycles. The molecule has 0 bridgehead atoms. The van der Waals surface area contributed by atoms with Crippen LogP contribution in [0.25, 0.3) is 0 Å². The number of Topliss-reactive ketones (excluding diaryl/α,β-unsaturated/α-hetero) is 1. The van der Waals surface area contributed by atoms with Crippen LogP contribution in [-0.2, 0) is 16.8 Å². The Balaban J connectivity index is 2.59. The Morgan fingerprint density at radius 3 is 2.79 bits per heavy atom. The van der Waals surface area contributed by atoms with Crippen LogP contribution in [0.15, 0.2) is 18.2 Å². The Morgan fingerprint density at radius 2 is 2.07 bits per heavy atom. The highest BCUT2D eigenvalue weighted by molar-refractivity contribution is 5.91. The van der Waals surface area contributed by atoms with E-state index in [9.17, 15) is 4.79 Å². The molecule has 0 radical (unpaired) electrons. The number of aryl methyl sites for hydroxylation is 1. The van der Waals surface area contributed by atoms with Crippen LogP contribution in [0, 0.1) is 0 Å². The largest absolute Gasteiger partial charge is 0.399 e. The molecule has 2 rings (SSSR count). The van der Waals surface area contributed by atoms with Gasteiger partial charge in [-0.2, -0.15) is 0 Å². The number of benzene rings is 1. The Bertz CT molecular complexity index is 396. The minimum Gasteiger partial charge on any atom is -0.399 e. The van der Waals surface area contributed by atoms with Gasteiger partial charge in [-0.15, -0.1) is 0 Å². The molecule has 4 N–H and O–H groups in total. The Hall–Kier alpha value is -1.35. The van der Waals surface area contributed by atoms with Gasteiger partial charge in [0.2, 0.25) is 0 Å². The number of ketones is 1. The number of fused-ring (bicyclic) bond motifs is 1. The maximum absolute atomic E-state index is 11.6. The van der Waals surface area contributed by atoms with Crippen LogP contribution in [0.3, 0.4) is 0 Å². The summed E-state index contributed by atoms with van der Waals surface area (Å²) in [4.78, 5) is 11.6. The van der Waals surface area contributed by atoms with E-state index in [2.05, 4.69) is 0 Å². The van der Waals surface area contributed by atoms with Crippen molar-refractivity contribution in [3.63, 3.8) is 0 Å². The number of nitrogen functional groups attached to an aromatic ring is 1. The van der Waals surface area contributed by atoms with Crippen LogP contribution in [-0.4, -0.2) is 5.78 Å². The van der Waals surface area contributed by atoms with E-state index in [1.807, 2.05) is 12.1 Å². The highest BCUT2D eigenvalue weighted by atomic mass is 16.1. The molecule has 0 amide bonds. The molecule has 1 aliphatic carbocycles. The summed E-state index contributed by atoms with van der Waals surface area (Å²) in [5.74, 6) is 0.106. The summed E-state index contributed by atoms with van der Waals surface area (Å²) < 4.78 is 0. The van der Waals surface area contributed by atoms with Crippen LogP contribution in [0.2, 0.25) is 0 Å². The molecule has 1 atom stereocenters. The second kappa shape index (κ2) is 2.82. The third kappa shape index (κ3) is 1.21. The summed E-state index contributed by atoms with van der Waals surface area (Å²) in [5.41, 5.74) is 13.6. The molecule has 3 heteroatoms. The predicted molar refractivity (Wildman–Crippen MR) is 55.7 cm³/mol. The van der Waals surface area contributed by atoms with Crippen LogP contribution in [0.5, 0.6) is 0 Å². The maximum atomic E-state index is 11.6.